The highest BCUT2D eigenvalue weighted by Gasteiger charge is 2.08. The van der Waals surface area contributed by atoms with Crippen molar-refractivity contribution in [2.24, 2.45) is 0 Å². The van der Waals surface area contributed by atoms with Gasteiger partial charge in [-0.1, -0.05) is 63.2 Å². The topological polar surface area (TPSA) is 13.1 Å². The van der Waals surface area contributed by atoms with Crippen molar-refractivity contribution >= 4 is 45.1 Å². The molecule has 19 heavy (non-hydrogen) atoms. The van der Waals surface area contributed by atoms with E-state index in [4.69, 9.17) is 16.6 Å². The van der Waals surface area contributed by atoms with E-state index in [0.29, 0.717) is 0 Å². The number of benzene rings is 1. The first-order chi connectivity index (χ1) is 9.34. The van der Waals surface area contributed by atoms with E-state index >= 15 is 0 Å². The summed E-state index contributed by atoms with van der Waals surface area (Å²) in [6.45, 7) is 0. The normalized spacial score (nSPS) is 11.2. The Morgan fingerprint density at radius 2 is 1.79 bits per heavy atom. The minimum Gasteiger partial charge on any atom is -0.465 e. The Labute approximate surface area is 123 Å². The molecule has 0 saturated carbocycles. The van der Waals surface area contributed by atoms with Crippen molar-refractivity contribution in [3.63, 3.8) is 0 Å². The first-order valence-corrected chi connectivity index (χ1v) is 8.30. The molecule has 0 aliphatic heterocycles. The van der Waals surface area contributed by atoms with Gasteiger partial charge in [0.1, 0.15) is 9.58 Å². The molecular formula is C15H10OS3. The summed E-state index contributed by atoms with van der Waals surface area (Å²) in [4.78, 5) is 1.18. The Hall–Kier alpha value is -1.49. The second-order valence-electron chi connectivity index (χ2n) is 3.91. The lowest BCUT2D eigenvalue weighted by Crippen LogP contribution is -1.76. The first-order valence-electron chi connectivity index (χ1n) is 5.75. The maximum Gasteiger partial charge on any atom is 0.126 e. The predicted octanol–water partition coefficient (Wildman–Crippen LogP) is 5.97. The molecule has 0 atom stereocenters. The largest absolute Gasteiger partial charge is 0.465 e. The Bertz CT molecular complexity index is 733. The molecule has 3 aromatic rings. The predicted molar refractivity (Wildman–Crippen MR) is 86.1 cm³/mol. The van der Waals surface area contributed by atoms with Crippen LogP contribution in [-0.4, -0.2) is 0 Å². The van der Waals surface area contributed by atoms with Crippen LogP contribution in [0, 0.1) is 3.82 Å². The zero-order chi connectivity index (χ0) is 13.1. The summed E-state index contributed by atoms with van der Waals surface area (Å²) in [7, 11) is 3.34. The van der Waals surface area contributed by atoms with Crippen LogP contribution >= 0.6 is 32.9 Å². The van der Waals surface area contributed by atoms with E-state index in [9.17, 15) is 0 Å². The molecule has 0 amide bonds. The second-order valence-corrected chi connectivity index (χ2v) is 6.76. The summed E-state index contributed by atoms with van der Waals surface area (Å²) < 4.78 is 6.24. The van der Waals surface area contributed by atoms with Crippen molar-refractivity contribution in [2.45, 2.75) is 0 Å². The van der Waals surface area contributed by atoms with Crippen molar-refractivity contribution in [2.75, 3.05) is 0 Å². The smallest absolute Gasteiger partial charge is 0.126 e. The van der Waals surface area contributed by atoms with E-state index < -0.39 is 0 Å². The molecule has 4 heteroatoms. The number of hydrogen-bond acceptors (Lipinski definition) is 4. The van der Waals surface area contributed by atoms with Crippen LogP contribution in [0.5, 0.6) is 0 Å². The van der Waals surface area contributed by atoms with Gasteiger partial charge in [-0.05, 0) is 29.8 Å². The van der Waals surface area contributed by atoms with Crippen molar-refractivity contribution in [3.05, 3.63) is 63.2 Å². The van der Waals surface area contributed by atoms with Gasteiger partial charge in [0.05, 0.1) is 6.26 Å². The van der Waals surface area contributed by atoms with Crippen LogP contribution in [0.3, 0.4) is 0 Å². The lowest BCUT2D eigenvalue weighted by molar-refractivity contribution is 0.557. The van der Waals surface area contributed by atoms with E-state index in [-0.39, 0.29) is 0 Å². The van der Waals surface area contributed by atoms with E-state index in [1.807, 2.05) is 36.4 Å². The standard InChI is InChI=1S/C15H10OS3/c17-15-14(11-5-2-1-3-6-11)13(18-19-15)9-8-12-7-4-10-16-12/h1-10H. The SMILES string of the molecule is S=c1ssc(C=Cc2ccco2)c1-c1ccccc1. The van der Waals surface area contributed by atoms with Gasteiger partial charge >= 0.3 is 0 Å². The molecule has 0 radical (unpaired) electrons. The fraction of sp³-hybridized carbons (Fsp3) is 0. The third-order valence-corrected chi connectivity index (χ3v) is 5.68. The van der Waals surface area contributed by atoms with Crippen LogP contribution in [0.15, 0.2) is 53.1 Å². The molecule has 0 fully saturated rings. The van der Waals surface area contributed by atoms with Crippen LogP contribution in [0.1, 0.15) is 10.6 Å². The minimum absolute atomic E-state index is 0.850. The summed E-state index contributed by atoms with van der Waals surface area (Å²) in [5, 5.41) is 0. The lowest BCUT2D eigenvalue weighted by atomic mass is 10.1. The van der Waals surface area contributed by atoms with Gasteiger partial charge in [0, 0.05) is 10.4 Å². The van der Waals surface area contributed by atoms with Crippen molar-refractivity contribution in [1.82, 2.24) is 0 Å². The fourth-order valence-electron chi connectivity index (χ4n) is 1.79. The van der Waals surface area contributed by atoms with Gasteiger partial charge in [0.2, 0.25) is 0 Å². The van der Waals surface area contributed by atoms with E-state index in [0.717, 1.165) is 15.1 Å². The average Bonchev–Trinajstić information content (AvgIpc) is 3.07. The van der Waals surface area contributed by atoms with Gasteiger partial charge in [-0.2, -0.15) is 0 Å². The van der Waals surface area contributed by atoms with Crippen LogP contribution in [-0.2, 0) is 0 Å². The molecule has 0 spiro atoms. The highest BCUT2D eigenvalue weighted by atomic mass is 32.9. The Morgan fingerprint density at radius 3 is 2.53 bits per heavy atom. The van der Waals surface area contributed by atoms with E-state index in [2.05, 4.69) is 18.2 Å². The second kappa shape index (κ2) is 5.65. The molecule has 94 valence electrons. The van der Waals surface area contributed by atoms with Gasteiger partial charge in [0.25, 0.3) is 0 Å². The molecule has 2 aromatic heterocycles. The quantitative estimate of drug-likeness (QED) is 0.437. The maximum atomic E-state index is 5.44. The van der Waals surface area contributed by atoms with Gasteiger partial charge in [-0.15, -0.1) is 0 Å². The summed E-state index contributed by atoms with van der Waals surface area (Å²) in [6.07, 6.45) is 5.71. The number of rotatable bonds is 3. The van der Waals surface area contributed by atoms with Crippen molar-refractivity contribution in [3.8, 4) is 11.1 Å². The van der Waals surface area contributed by atoms with Gasteiger partial charge in [-0.3, -0.25) is 0 Å². The zero-order valence-electron chi connectivity index (χ0n) is 9.91. The molecule has 1 aromatic carbocycles. The highest BCUT2D eigenvalue weighted by molar-refractivity contribution is 7.80. The lowest BCUT2D eigenvalue weighted by Gasteiger charge is -1.98. The van der Waals surface area contributed by atoms with E-state index in [1.165, 1.54) is 10.4 Å². The summed E-state index contributed by atoms with van der Waals surface area (Å²) >= 11 is 5.44. The monoisotopic (exact) mass is 302 g/mol. The molecule has 0 aliphatic rings. The molecule has 0 saturated heterocycles. The van der Waals surface area contributed by atoms with Crippen LogP contribution in [0.4, 0.5) is 0 Å². The summed E-state index contributed by atoms with van der Waals surface area (Å²) in [5.41, 5.74) is 2.32. The minimum atomic E-state index is 0.850. The molecule has 0 bridgehead atoms. The highest BCUT2D eigenvalue weighted by Crippen LogP contribution is 2.35. The fourth-order valence-corrected chi connectivity index (χ4v) is 4.52. The zero-order valence-corrected chi connectivity index (χ0v) is 12.4. The summed E-state index contributed by atoms with van der Waals surface area (Å²) in [6, 6.07) is 14.1. The molecule has 1 nitrogen and oxygen atoms in total. The molecular weight excluding hydrogens is 292 g/mol. The van der Waals surface area contributed by atoms with Crippen LogP contribution in [0.25, 0.3) is 23.3 Å². The van der Waals surface area contributed by atoms with E-state index in [1.54, 1.807) is 26.9 Å². The van der Waals surface area contributed by atoms with Gasteiger partial charge in [-0.25, -0.2) is 0 Å². The van der Waals surface area contributed by atoms with Crippen LogP contribution < -0.4 is 0 Å². The Balaban J connectivity index is 2.02. The summed E-state index contributed by atoms with van der Waals surface area (Å²) in [5.74, 6) is 0.850. The third kappa shape index (κ3) is 2.76. The molecule has 0 N–H and O–H groups in total. The third-order valence-electron chi connectivity index (χ3n) is 2.66. The Kier molecular flexibility index (Phi) is 3.73. The molecule has 2 heterocycles. The molecule has 0 unspecified atom stereocenters. The van der Waals surface area contributed by atoms with Crippen molar-refractivity contribution in [1.29, 1.82) is 0 Å². The molecule has 0 aliphatic carbocycles. The number of furan rings is 1. The Morgan fingerprint density at radius 1 is 0.947 bits per heavy atom. The van der Waals surface area contributed by atoms with Gasteiger partial charge in [0.15, 0.2) is 0 Å². The number of hydrogen-bond donors (Lipinski definition) is 0. The maximum absolute atomic E-state index is 5.44. The molecule has 3 rings (SSSR count). The van der Waals surface area contributed by atoms with Crippen molar-refractivity contribution < 1.29 is 4.42 Å². The average molecular weight is 302 g/mol. The van der Waals surface area contributed by atoms with Crippen LogP contribution in [0.2, 0.25) is 0 Å². The first kappa shape index (κ1) is 12.5. The van der Waals surface area contributed by atoms with Gasteiger partial charge < -0.3 is 4.42 Å².